The standard InChI is InChI=1S/C14H16F3NO3/c15-14(16,17)11-4-2-1-3-10(11)9-18-7-5-13(21,6-8-18)12(19)20/h1-4,21H,5-9H2,(H,19,20). The van der Waals surface area contributed by atoms with Crippen molar-refractivity contribution in [1.29, 1.82) is 0 Å². The van der Waals surface area contributed by atoms with Gasteiger partial charge in [0.25, 0.3) is 0 Å². The Morgan fingerprint density at radius 3 is 2.33 bits per heavy atom. The van der Waals surface area contributed by atoms with Crippen LogP contribution in [0.25, 0.3) is 0 Å². The largest absolute Gasteiger partial charge is 0.479 e. The summed E-state index contributed by atoms with van der Waals surface area (Å²) in [5, 5.41) is 18.7. The molecule has 1 fully saturated rings. The molecule has 116 valence electrons. The third-order valence-electron chi connectivity index (χ3n) is 3.80. The van der Waals surface area contributed by atoms with Crippen molar-refractivity contribution in [3.63, 3.8) is 0 Å². The molecule has 1 aromatic rings. The number of carbonyl (C=O) groups is 1. The predicted octanol–water partition coefficient (Wildman–Crippen LogP) is 2.12. The van der Waals surface area contributed by atoms with E-state index in [9.17, 15) is 23.1 Å². The van der Waals surface area contributed by atoms with E-state index in [4.69, 9.17) is 5.11 Å². The van der Waals surface area contributed by atoms with Crippen LogP contribution in [0.1, 0.15) is 24.0 Å². The zero-order chi connectivity index (χ0) is 15.7. The Bertz CT molecular complexity index is 522. The summed E-state index contributed by atoms with van der Waals surface area (Å²) in [5.74, 6) is -1.28. The zero-order valence-corrected chi connectivity index (χ0v) is 11.2. The summed E-state index contributed by atoms with van der Waals surface area (Å²) >= 11 is 0. The molecule has 0 aromatic heterocycles. The summed E-state index contributed by atoms with van der Waals surface area (Å²) in [6, 6.07) is 5.33. The number of likely N-dealkylation sites (tertiary alicyclic amines) is 1. The average Bonchev–Trinajstić information content (AvgIpc) is 2.41. The topological polar surface area (TPSA) is 60.8 Å². The number of hydrogen-bond donors (Lipinski definition) is 2. The van der Waals surface area contributed by atoms with E-state index in [0.717, 1.165) is 6.07 Å². The van der Waals surface area contributed by atoms with Gasteiger partial charge in [0.15, 0.2) is 5.60 Å². The van der Waals surface area contributed by atoms with Gasteiger partial charge in [0, 0.05) is 19.6 Å². The third kappa shape index (κ3) is 3.54. The van der Waals surface area contributed by atoms with E-state index in [1.807, 2.05) is 0 Å². The van der Waals surface area contributed by atoms with E-state index in [2.05, 4.69) is 0 Å². The van der Waals surface area contributed by atoms with Crippen LogP contribution in [-0.4, -0.2) is 39.8 Å². The van der Waals surface area contributed by atoms with Gasteiger partial charge in [0.1, 0.15) is 0 Å². The van der Waals surface area contributed by atoms with Gasteiger partial charge >= 0.3 is 12.1 Å². The van der Waals surface area contributed by atoms with Gasteiger partial charge < -0.3 is 10.2 Å². The maximum absolute atomic E-state index is 12.9. The molecule has 4 nitrogen and oxygen atoms in total. The number of alkyl halides is 3. The van der Waals surface area contributed by atoms with Crippen LogP contribution in [0.3, 0.4) is 0 Å². The maximum Gasteiger partial charge on any atom is 0.416 e. The number of aliphatic hydroxyl groups is 1. The number of benzene rings is 1. The second kappa shape index (κ2) is 5.65. The fraction of sp³-hybridized carbons (Fsp3) is 0.500. The fourth-order valence-corrected chi connectivity index (χ4v) is 2.47. The highest BCUT2D eigenvalue weighted by Gasteiger charge is 2.40. The van der Waals surface area contributed by atoms with Gasteiger partial charge in [-0.05, 0) is 24.5 Å². The molecule has 2 rings (SSSR count). The van der Waals surface area contributed by atoms with Crippen LogP contribution in [0, 0.1) is 0 Å². The van der Waals surface area contributed by atoms with Crippen LogP contribution in [0.4, 0.5) is 13.2 Å². The SMILES string of the molecule is O=C(O)C1(O)CCN(Cc2ccccc2C(F)(F)F)CC1. The van der Waals surface area contributed by atoms with E-state index >= 15 is 0 Å². The molecule has 0 spiro atoms. The lowest BCUT2D eigenvalue weighted by Crippen LogP contribution is -2.49. The number of carboxylic acid groups (broad SMARTS) is 1. The summed E-state index contributed by atoms with van der Waals surface area (Å²) < 4.78 is 38.7. The Morgan fingerprint density at radius 2 is 1.81 bits per heavy atom. The Morgan fingerprint density at radius 1 is 1.24 bits per heavy atom. The lowest BCUT2D eigenvalue weighted by atomic mass is 9.91. The number of halogens is 3. The highest BCUT2D eigenvalue weighted by Crippen LogP contribution is 2.33. The first-order valence-electron chi connectivity index (χ1n) is 6.55. The molecule has 21 heavy (non-hydrogen) atoms. The molecule has 7 heteroatoms. The van der Waals surface area contributed by atoms with Gasteiger partial charge in [0.2, 0.25) is 0 Å². The Labute approximate surface area is 119 Å². The minimum atomic E-state index is -4.41. The third-order valence-corrected chi connectivity index (χ3v) is 3.80. The summed E-state index contributed by atoms with van der Waals surface area (Å²) in [7, 11) is 0. The molecule has 0 unspecified atom stereocenters. The average molecular weight is 303 g/mol. The van der Waals surface area contributed by atoms with Crippen LogP contribution < -0.4 is 0 Å². The molecule has 0 atom stereocenters. The summed E-state index contributed by atoms with van der Waals surface area (Å²) in [6.45, 7) is 0.579. The summed E-state index contributed by atoms with van der Waals surface area (Å²) in [5.41, 5.74) is -2.28. The van der Waals surface area contributed by atoms with Crippen LogP contribution in [0.15, 0.2) is 24.3 Å². The van der Waals surface area contributed by atoms with E-state index in [-0.39, 0.29) is 38.0 Å². The van der Waals surface area contributed by atoms with Crippen molar-refractivity contribution in [2.75, 3.05) is 13.1 Å². The second-order valence-corrected chi connectivity index (χ2v) is 5.27. The zero-order valence-electron chi connectivity index (χ0n) is 11.2. The molecule has 0 saturated carbocycles. The minimum Gasteiger partial charge on any atom is -0.479 e. The van der Waals surface area contributed by atoms with Gasteiger partial charge in [-0.1, -0.05) is 18.2 Å². The number of nitrogens with zero attached hydrogens (tertiary/aromatic N) is 1. The molecule has 0 radical (unpaired) electrons. The number of carboxylic acids is 1. The molecule has 1 aromatic carbocycles. The van der Waals surface area contributed by atoms with E-state index < -0.39 is 23.3 Å². The van der Waals surface area contributed by atoms with Crippen molar-refractivity contribution in [1.82, 2.24) is 4.90 Å². The van der Waals surface area contributed by atoms with Crippen molar-refractivity contribution in [2.45, 2.75) is 31.2 Å². The fourth-order valence-electron chi connectivity index (χ4n) is 2.47. The lowest BCUT2D eigenvalue weighted by Gasteiger charge is -2.35. The molecule has 1 saturated heterocycles. The van der Waals surface area contributed by atoms with E-state index in [0.29, 0.717) is 0 Å². The number of hydrogen-bond acceptors (Lipinski definition) is 3. The first-order chi connectivity index (χ1) is 9.72. The monoisotopic (exact) mass is 303 g/mol. The maximum atomic E-state index is 12.9. The Kier molecular flexibility index (Phi) is 4.25. The van der Waals surface area contributed by atoms with Crippen molar-refractivity contribution in [3.8, 4) is 0 Å². The lowest BCUT2D eigenvalue weighted by molar-refractivity contribution is -0.163. The number of piperidine rings is 1. The van der Waals surface area contributed by atoms with Gasteiger partial charge in [-0.25, -0.2) is 4.79 Å². The summed E-state index contributed by atoms with van der Waals surface area (Å²) in [4.78, 5) is 12.6. The van der Waals surface area contributed by atoms with Crippen LogP contribution >= 0.6 is 0 Å². The van der Waals surface area contributed by atoms with Gasteiger partial charge in [-0.15, -0.1) is 0 Å². The Hall–Kier alpha value is -1.60. The van der Waals surface area contributed by atoms with Crippen molar-refractivity contribution in [3.05, 3.63) is 35.4 Å². The molecule has 0 bridgehead atoms. The second-order valence-electron chi connectivity index (χ2n) is 5.27. The van der Waals surface area contributed by atoms with Gasteiger partial charge in [-0.2, -0.15) is 13.2 Å². The molecular formula is C14H16F3NO3. The van der Waals surface area contributed by atoms with E-state index in [1.165, 1.54) is 12.1 Å². The molecule has 1 aliphatic rings. The summed E-state index contributed by atoms with van der Waals surface area (Å²) in [6.07, 6.45) is -4.39. The van der Waals surface area contributed by atoms with Crippen molar-refractivity contribution in [2.24, 2.45) is 0 Å². The first kappa shape index (κ1) is 15.8. The quantitative estimate of drug-likeness (QED) is 0.898. The highest BCUT2D eigenvalue weighted by molar-refractivity contribution is 5.77. The first-order valence-corrected chi connectivity index (χ1v) is 6.55. The minimum absolute atomic E-state index is 0.0104. The molecule has 1 heterocycles. The Balaban J connectivity index is 2.07. The molecular weight excluding hydrogens is 287 g/mol. The molecule has 0 amide bonds. The smallest absolute Gasteiger partial charge is 0.416 e. The normalized spacial score (nSPS) is 19.4. The highest BCUT2D eigenvalue weighted by atomic mass is 19.4. The van der Waals surface area contributed by atoms with Crippen LogP contribution in [0.2, 0.25) is 0 Å². The number of aliphatic carboxylic acids is 1. The molecule has 1 aliphatic heterocycles. The predicted molar refractivity (Wildman–Crippen MR) is 68.5 cm³/mol. The van der Waals surface area contributed by atoms with E-state index in [1.54, 1.807) is 11.0 Å². The van der Waals surface area contributed by atoms with Gasteiger partial charge in [-0.3, -0.25) is 4.90 Å². The van der Waals surface area contributed by atoms with Crippen molar-refractivity contribution < 1.29 is 28.2 Å². The van der Waals surface area contributed by atoms with Gasteiger partial charge in [0.05, 0.1) is 5.56 Å². The molecule has 0 aliphatic carbocycles. The van der Waals surface area contributed by atoms with Crippen LogP contribution in [-0.2, 0) is 17.5 Å². The van der Waals surface area contributed by atoms with Crippen LogP contribution in [0.5, 0.6) is 0 Å². The molecule has 2 N–H and O–H groups in total. The number of rotatable bonds is 3. The van der Waals surface area contributed by atoms with Crippen molar-refractivity contribution >= 4 is 5.97 Å².